The number of carbonyl (C=O) groups is 2. The van der Waals surface area contributed by atoms with E-state index in [0.717, 1.165) is 0 Å². The van der Waals surface area contributed by atoms with Crippen LogP contribution in [-0.2, 0) is 14.3 Å². The van der Waals surface area contributed by atoms with Crippen molar-refractivity contribution in [2.75, 3.05) is 20.2 Å². The van der Waals surface area contributed by atoms with Crippen molar-refractivity contribution in [1.29, 1.82) is 0 Å². The number of esters is 1. The van der Waals surface area contributed by atoms with Gasteiger partial charge in [0.15, 0.2) is 5.84 Å². The molecule has 1 amide bonds. The summed E-state index contributed by atoms with van der Waals surface area (Å²) in [6.45, 7) is 3.87. The summed E-state index contributed by atoms with van der Waals surface area (Å²) in [6.07, 6.45) is 2.12. The maximum absolute atomic E-state index is 13.8. The van der Waals surface area contributed by atoms with Crippen LogP contribution in [0.15, 0.2) is 51.1 Å². The number of fused-ring (bicyclic) bond motifs is 1. The lowest BCUT2D eigenvalue weighted by atomic mass is 9.94. The van der Waals surface area contributed by atoms with Crippen LogP contribution < -0.4 is 0 Å². The summed E-state index contributed by atoms with van der Waals surface area (Å²) >= 11 is 6.41. The topological polar surface area (TPSA) is 74.6 Å². The zero-order valence-electron chi connectivity index (χ0n) is 18.5. The van der Waals surface area contributed by atoms with Crippen molar-refractivity contribution in [2.24, 2.45) is 9.98 Å². The first kappa shape index (κ1) is 23.4. The molecule has 0 aromatic heterocycles. The third-order valence-electron chi connectivity index (χ3n) is 5.89. The fourth-order valence-corrected chi connectivity index (χ4v) is 5.36. The number of amidine groups is 1. The fraction of sp³-hybridized carbons (Fsp3) is 0.348. The van der Waals surface area contributed by atoms with Crippen molar-refractivity contribution >= 4 is 50.7 Å². The number of aliphatic imine (C=N–C) groups is 2. The van der Waals surface area contributed by atoms with E-state index in [1.807, 2.05) is 10.3 Å². The Morgan fingerprint density at radius 2 is 2.18 bits per heavy atom. The van der Waals surface area contributed by atoms with E-state index in [1.165, 1.54) is 25.1 Å². The van der Waals surface area contributed by atoms with E-state index >= 15 is 0 Å². The Kier molecular flexibility index (Phi) is 6.54. The minimum Gasteiger partial charge on any atom is -0.463 e. The molecule has 1 saturated heterocycles. The molecule has 1 unspecified atom stereocenters. The van der Waals surface area contributed by atoms with Gasteiger partial charge in [0, 0.05) is 49.4 Å². The van der Waals surface area contributed by atoms with Crippen molar-refractivity contribution in [3.63, 3.8) is 0 Å². The molecular weight excluding hydrogens is 467 g/mol. The summed E-state index contributed by atoms with van der Waals surface area (Å²) in [5.74, 6) is 3.65. The molecule has 3 aliphatic rings. The first-order valence-corrected chi connectivity index (χ1v) is 12.3. The first-order chi connectivity index (χ1) is 15.7. The van der Waals surface area contributed by atoms with Crippen LogP contribution in [0.5, 0.6) is 0 Å². The molecule has 3 heterocycles. The van der Waals surface area contributed by atoms with Gasteiger partial charge in [0.1, 0.15) is 16.9 Å². The van der Waals surface area contributed by atoms with Crippen LogP contribution in [0.4, 0.5) is 4.39 Å². The summed E-state index contributed by atoms with van der Waals surface area (Å²) < 4.78 is 19.2. The van der Waals surface area contributed by atoms with Crippen LogP contribution in [0.3, 0.4) is 0 Å². The number of hydrogen-bond acceptors (Lipinski definition) is 6. The van der Waals surface area contributed by atoms with Gasteiger partial charge < -0.3 is 14.5 Å². The summed E-state index contributed by atoms with van der Waals surface area (Å²) in [5.41, 5.74) is 1.53. The molecule has 1 aromatic carbocycles. The van der Waals surface area contributed by atoms with Crippen LogP contribution in [0, 0.1) is 5.82 Å². The zero-order chi connectivity index (χ0) is 23.9. The quantitative estimate of drug-likeness (QED) is 0.463. The van der Waals surface area contributed by atoms with Gasteiger partial charge >= 0.3 is 5.97 Å². The number of rotatable bonds is 5. The number of amides is 1. The van der Waals surface area contributed by atoms with Gasteiger partial charge in [0.05, 0.1) is 18.2 Å². The molecule has 0 N–H and O–H groups in total. The van der Waals surface area contributed by atoms with Crippen LogP contribution in [0.25, 0.3) is 0 Å². The van der Waals surface area contributed by atoms with Gasteiger partial charge in [-0.05, 0) is 24.5 Å². The highest BCUT2D eigenvalue weighted by Crippen LogP contribution is 2.43. The Bertz CT molecular complexity index is 1180. The molecule has 0 radical (unpaired) electrons. The Morgan fingerprint density at radius 3 is 2.79 bits per heavy atom. The second kappa shape index (κ2) is 9.23. The molecule has 0 saturated carbocycles. The number of hydrogen-bond donors (Lipinski definition) is 0. The second-order valence-electron chi connectivity index (χ2n) is 7.85. The van der Waals surface area contributed by atoms with Gasteiger partial charge in [0.25, 0.3) is 0 Å². The second-order valence-corrected chi connectivity index (χ2v) is 9.77. The Morgan fingerprint density at radius 1 is 1.42 bits per heavy atom. The van der Waals surface area contributed by atoms with Gasteiger partial charge in [0.2, 0.25) is 5.91 Å². The monoisotopic (exact) mass is 490 g/mol. The lowest BCUT2D eigenvalue weighted by Crippen LogP contribution is -2.41. The zero-order valence-corrected chi connectivity index (χ0v) is 20.1. The minimum absolute atomic E-state index is 0.0773. The molecular formula is C23H24ClFN4O3S. The van der Waals surface area contributed by atoms with Crippen molar-refractivity contribution in [1.82, 2.24) is 9.80 Å². The number of carbonyl (C=O) groups excluding carboxylic acids is 2. The van der Waals surface area contributed by atoms with Crippen molar-refractivity contribution in [2.45, 2.75) is 32.4 Å². The van der Waals surface area contributed by atoms with Gasteiger partial charge in [-0.3, -0.25) is 9.79 Å². The van der Waals surface area contributed by atoms with Gasteiger partial charge in [-0.25, -0.2) is 14.2 Å². The van der Waals surface area contributed by atoms with Gasteiger partial charge in [-0.2, -0.15) is 0 Å². The normalized spacial score (nSPS) is 23.9. The number of ether oxygens (including phenoxy) is 1. The smallest absolute Gasteiger partial charge is 0.338 e. The molecule has 7 nitrogen and oxygen atoms in total. The predicted molar refractivity (Wildman–Crippen MR) is 130 cm³/mol. The van der Waals surface area contributed by atoms with Gasteiger partial charge in [-0.15, -0.1) is 10.5 Å². The van der Waals surface area contributed by atoms with Crippen LogP contribution in [0.2, 0.25) is 5.02 Å². The third kappa shape index (κ3) is 4.27. The third-order valence-corrected chi connectivity index (χ3v) is 7.46. The molecule has 33 heavy (non-hydrogen) atoms. The molecule has 10 heteroatoms. The molecule has 1 aromatic rings. The largest absolute Gasteiger partial charge is 0.463 e. The van der Waals surface area contributed by atoms with Crippen molar-refractivity contribution in [3.05, 3.63) is 57.5 Å². The van der Waals surface area contributed by atoms with Crippen molar-refractivity contribution in [3.8, 4) is 0 Å². The number of halogens is 2. The average Bonchev–Trinajstić information content (AvgIpc) is 3.38. The highest BCUT2D eigenvalue weighted by atomic mass is 35.5. The van der Waals surface area contributed by atoms with E-state index in [0.29, 0.717) is 40.7 Å². The van der Waals surface area contributed by atoms with Crippen molar-refractivity contribution < 1.29 is 18.7 Å². The van der Waals surface area contributed by atoms with Gasteiger partial charge in [-0.1, -0.05) is 23.5 Å². The van der Waals surface area contributed by atoms with Crippen LogP contribution in [-0.4, -0.2) is 64.7 Å². The Labute approximate surface area is 199 Å². The summed E-state index contributed by atoms with van der Waals surface area (Å²) in [6, 6.07) is 3.05. The molecule has 0 aliphatic carbocycles. The molecule has 1 fully saturated rings. The first-order valence-electron chi connectivity index (χ1n) is 10.4. The fourth-order valence-electron chi connectivity index (χ4n) is 4.16. The maximum Gasteiger partial charge on any atom is 0.338 e. The lowest BCUT2D eigenvalue weighted by molar-refractivity contribution is -0.139. The SMILES string of the molecule is C=S1C=CN=C1C1=N[C@@H](c2ccc(F)cc2Cl)C(C(=O)OCC)=C2C[C@H](N(C)C(C)=O)CN12. The van der Waals surface area contributed by atoms with Crippen LogP contribution >= 0.6 is 22.1 Å². The van der Waals surface area contributed by atoms with Crippen LogP contribution in [0.1, 0.15) is 31.9 Å². The summed E-state index contributed by atoms with van der Waals surface area (Å²) in [4.78, 5) is 38.2. The number of benzene rings is 1. The van der Waals surface area contributed by atoms with E-state index in [2.05, 4.69) is 10.9 Å². The highest BCUT2D eigenvalue weighted by molar-refractivity contribution is 8.31. The van der Waals surface area contributed by atoms with E-state index in [-0.39, 0.29) is 23.6 Å². The van der Waals surface area contributed by atoms with E-state index in [1.54, 1.807) is 25.1 Å². The average molecular weight is 491 g/mol. The summed E-state index contributed by atoms with van der Waals surface area (Å²) in [5, 5.41) is 2.73. The molecule has 0 spiro atoms. The Balaban J connectivity index is 1.91. The number of nitrogens with zero attached hydrogens (tertiary/aromatic N) is 4. The Hall–Kier alpha value is -2.78. The van der Waals surface area contributed by atoms with E-state index in [4.69, 9.17) is 21.3 Å². The lowest BCUT2D eigenvalue weighted by Gasteiger charge is -2.32. The molecule has 3 aliphatic heterocycles. The highest BCUT2D eigenvalue weighted by Gasteiger charge is 2.44. The molecule has 4 rings (SSSR count). The van der Waals surface area contributed by atoms with E-state index in [9.17, 15) is 14.0 Å². The van der Waals surface area contributed by atoms with E-state index < -0.39 is 28.3 Å². The molecule has 0 bridgehead atoms. The standard InChI is InChI=1S/C23H24ClFN4O3S/c1-5-32-23(31)19-18-11-15(28(3)13(2)30)12-29(18)21(22-26-8-9-33(22)4)27-20(19)16-7-6-14(25)10-17(16)24/h6-10,15,20H,4-5,11-12H2,1-3H3/t15-,20-,33?/m0/s1. The summed E-state index contributed by atoms with van der Waals surface area (Å²) in [7, 11) is 1.22. The molecule has 3 atom stereocenters. The number of likely N-dealkylation sites (N-methyl/N-ethyl adjacent to an activating group) is 1. The maximum atomic E-state index is 13.8. The minimum atomic E-state index is -0.805. The molecule has 174 valence electrons. The predicted octanol–water partition coefficient (Wildman–Crippen LogP) is 3.89.